The van der Waals surface area contributed by atoms with Gasteiger partial charge in [-0.25, -0.2) is 8.78 Å². The second kappa shape index (κ2) is 6.61. The van der Waals surface area contributed by atoms with Gasteiger partial charge in [-0.05, 0) is 49.9 Å². The van der Waals surface area contributed by atoms with E-state index in [0.717, 1.165) is 25.5 Å². The van der Waals surface area contributed by atoms with Crippen LogP contribution < -0.4 is 10.6 Å². The van der Waals surface area contributed by atoms with Crippen LogP contribution in [0.2, 0.25) is 0 Å². The van der Waals surface area contributed by atoms with E-state index < -0.39 is 11.6 Å². The number of hydrogen-bond acceptors (Lipinski definition) is 2. The van der Waals surface area contributed by atoms with Crippen LogP contribution in [0.4, 0.5) is 8.78 Å². The highest BCUT2D eigenvalue weighted by atomic mass is 19.1. The molecule has 0 unspecified atom stereocenters. The van der Waals surface area contributed by atoms with Gasteiger partial charge in [0.25, 0.3) is 0 Å². The summed E-state index contributed by atoms with van der Waals surface area (Å²) in [6.07, 6.45) is 3.12. The molecule has 0 bridgehead atoms. The van der Waals surface area contributed by atoms with E-state index in [-0.39, 0.29) is 11.9 Å². The molecule has 1 heterocycles. The van der Waals surface area contributed by atoms with Gasteiger partial charge in [0.1, 0.15) is 11.6 Å². The quantitative estimate of drug-likeness (QED) is 0.799. The van der Waals surface area contributed by atoms with E-state index in [4.69, 9.17) is 0 Å². The fourth-order valence-corrected chi connectivity index (χ4v) is 2.29. The number of benzene rings is 1. The predicted octanol–water partition coefficient (Wildman–Crippen LogP) is 1.77. The highest BCUT2D eigenvalue weighted by Crippen LogP contribution is 2.10. The maximum Gasteiger partial charge on any atom is 0.237 e. The minimum atomic E-state index is -0.561. The molecule has 1 amide bonds. The van der Waals surface area contributed by atoms with Gasteiger partial charge >= 0.3 is 0 Å². The number of halogens is 2. The highest BCUT2D eigenvalue weighted by molar-refractivity contribution is 5.81. The first-order valence-corrected chi connectivity index (χ1v) is 6.61. The molecule has 0 spiro atoms. The van der Waals surface area contributed by atoms with Crippen molar-refractivity contribution < 1.29 is 13.6 Å². The van der Waals surface area contributed by atoms with Crippen molar-refractivity contribution in [3.8, 4) is 0 Å². The summed E-state index contributed by atoms with van der Waals surface area (Å²) in [4.78, 5) is 11.7. The second-order valence-electron chi connectivity index (χ2n) is 4.82. The van der Waals surface area contributed by atoms with E-state index >= 15 is 0 Å². The molecule has 0 saturated carbocycles. The molecule has 1 aromatic rings. The molecule has 2 N–H and O–H groups in total. The summed E-state index contributed by atoms with van der Waals surface area (Å²) in [5.41, 5.74) is 0.616. The van der Waals surface area contributed by atoms with Crippen LogP contribution in [-0.4, -0.2) is 25.0 Å². The standard InChI is InChI=1S/C14H18F2N2O/c15-11-7-10(8-12(16)9-11)3-1-6-18-14(19)13-4-2-5-17-13/h7-9,13,17H,1-6H2,(H,18,19)/t13-/m1/s1. The third-order valence-electron chi connectivity index (χ3n) is 3.24. The number of aryl methyl sites for hydroxylation is 1. The number of rotatable bonds is 5. The van der Waals surface area contributed by atoms with E-state index in [1.807, 2.05) is 0 Å². The Kier molecular flexibility index (Phi) is 4.85. The zero-order valence-corrected chi connectivity index (χ0v) is 10.7. The Bertz CT molecular complexity index is 425. The fourth-order valence-electron chi connectivity index (χ4n) is 2.29. The lowest BCUT2D eigenvalue weighted by atomic mass is 10.1. The first kappa shape index (κ1) is 13.9. The zero-order chi connectivity index (χ0) is 13.7. The molecule has 2 rings (SSSR count). The average Bonchev–Trinajstić information content (AvgIpc) is 2.87. The topological polar surface area (TPSA) is 41.1 Å². The molecule has 1 fully saturated rings. The maximum atomic E-state index is 13.0. The molecule has 1 saturated heterocycles. The van der Waals surface area contributed by atoms with Crippen LogP contribution in [0.5, 0.6) is 0 Å². The van der Waals surface area contributed by atoms with Crippen LogP contribution in [0.15, 0.2) is 18.2 Å². The van der Waals surface area contributed by atoms with E-state index in [2.05, 4.69) is 10.6 Å². The Hall–Kier alpha value is -1.49. The van der Waals surface area contributed by atoms with Gasteiger partial charge in [0.2, 0.25) is 5.91 Å². The predicted molar refractivity (Wildman–Crippen MR) is 68.7 cm³/mol. The van der Waals surface area contributed by atoms with Crippen LogP contribution in [0.25, 0.3) is 0 Å². The van der Waals surface area contributed by atoms with Gasteiger partial charge in [0, 0.05) is 12.6 Å². The van der Waals surface area contributed by atoms with Gasteiger partial charge in [-0.3, -0.25) is 4.79 Å². The number of carbonyl (C=O) groups is 1. The lowest BCUT2D eigenvalue weighted by Gasteiger charge is -2.10. The van der Waals surface area contributed by atoms with Crippen molar-refractivity contribution in [1.29, 1.82) is 0 Å². The van der Waals surface area contributed by atoms with Gasteiger partial charge in [0.05, 0.1) is 6.04 Å². The van der Waals surface area contributed by atoms with E-state index in [1.165, 1.54) is 12.1 Å². The normalized spacial score (nSPS) is 18.5. The zero-order valence-electron chi connectivity index (χ0n) is 10.7. The SMILES string of the molecule is O=C(NCCCc1cc(F)cc(F)c1)[C@H]1CCCN1. The van der Waals surface area contributed by atoms with Crippen LogP contribution in [-0.2, 0) is 11.2 Å². The van der Waals surface area contributed by atoms with Crippen LogP contribution in [0.3, 0.4) is 0 Å². The van der Waals surface area contributed by atoms with E-state index in [9.17, 15) is 13.6 Å². The summed E-state index contributed by atoms with van der Waals surface area (Å²) in [6, 6.07) is 3.43. The largest absolute Gasteiger partial charge is 0.355 e. The molecule has 0 aromatic heterocycles. The Morgan fingerprint density at radius 2 is 2.05 bits per heavy atom. The molecule has 1 aliphatic heterocycles. The fraction of sp³-hybridized carbons (Fsp3) is 0.500. The maximum absolute atomic E-state index is 13.0. The Balaban J connectivity index is 1.70. The van der Waals surface area contributed by atoms with Gasteiger partial charge in [0.15, 0.2) is 0 Å². The summed E-state index contributed by atoms with van der Waals surface area (Å²) in [7, 11) is 0. The van der Waals surface area contributed by atoms with Crippen molar-refractivity contribution >= 4 is 5.91 Å². The van der Waals surface area contributed by atoms with E-state index in [0.29, 0.717) is 24.9 Å². The smallest absolute Gasteiger partial charge is 0.237 e. The monoisotopic (exact) mass is 268 g/mol. The summed E-state index contributed by atoms with van der Waals surface area (Å²) < 4.78 is 25.9. The molecule has 0 radical (unpaired) electrons. The molecule has 5 heteroatoms. The van der Waals surface area contributed by atoms with Crippen LogP contribution >= 0.6 is 0 Å². The molecular formula is C14H18F2N2O. The van der Waals surface area contributed by atoms with Gasteiger partial charge in [-0.1, -0.05) is 0 Å². The summed E-state index contributed by atoms with van der Waals surface area (Å²) in [5, 5.41) is 5.95. The Morgan fingerprint density at radius 1 is 1.32 bits per heavy atom. The molecule has 104 valence electrons. The van der Waals surface area contributed by atoms with Crippen LogP contribution in [0.1, 0.15) is 24.8 Å². The van der Waals surface area contributed by atoms with Crippen molar-refractivity contribution in [3.05, 3.63) is 35.4 Å². The summed E-state index contributed by atoms with van der Waals surface area (Å²) >= 11 is 0. The molecular weight excluding hydrogens is 250 g/mol. The Labute approximate surface area is 111 Å². The van der Waals surface area contributed by atoms with Gasteiger partial charge < -0.3 is 10.6 Å². The minimum absolute atomic E-state index is 0.0166. The lowest BCUT2D eigenvalue weighted by Crippen LogP contribution is -2.40. The van der Waals surface area contributed by atoms with Crippen molar-refractivity contribution in [1.82, 2.24) is 10.6 Å². The molecule has 1 aromatic carbocycles. The molecule has 0 aliphatic carbocycles. The van der Waals surface area contributed by atoms with E-state index in [1.54, 1.807) is 0 Å². The van der Waals surface area contributed by atoms with Crippen molar-refractivity contribution in [2.45, 2.75) is 31.7 Å². The first-order chi connectivity index (χ1) is 9.15. The van der Waals surface area contributed by atoms with Crippen LogP contribution in [0, 0.1) is 11.6 Å². The van der Waals surface area contributed by atoms with Crippen molar-refractivity contribution in [2.24, 2.45) is 0 Å². The molecule has 19 heavy (non-hydrogen) atoms. The lowest BCUT2D eigenvalue weighted by molar-refractivity contribution is -0.122. The molecule has 1 aliphatic rings. The molecule has 1 atom stereocenters. The minimum Gasteiger partial charge on any atom is -0.355 e. The summed E-state index contributed by atoms with van der Waals surface area (Å²) in [5.74, 6) is -1.11. The second-order valence-corrected chi connectivity index (χ2v) is 4.82. The number of amides is 1. The number of nitrogens with one attached hydrogen (secondary N) is 2. The Morgan fingerprint density at radius 3 is 2.68 bits per heavy atom. The average molecular weight is 268 g/mol. The van der Waals surface area contributed by atoms with Gasteiger partial charge in [-0.15, -0.1) is 0 Å². The third-order valence-corrected chi connectivity index (χ3v) is 3.24. The molecule has 3 nitrogen and oxygen atoms in total. The number of carbonyl (C=O) groups excluding carboxylic acids is 1. The third kappa shape index (κ3) is 4.28. The van der Waals surface area contributed by atoms with Crippen molar-refractivity contribution in [2.75, 3.05) is 13.1 Å². The first-order valence-electron chi connectivity index (χ1n) is 6.61. The van der Waals surface area contributed by atoms with Gasteiger partial charge in [-0.2, -0.15) is 0 Å². The summed E-state index contributed by atoms with van der Waals surface area (Å²) in [6.45, 7) is 1.41. The van der Waals surface area contributed by atoms with Crippen molar-refractivity contribution in [3.63, 3.8) is 0 Å². The number of hydrogen-bond donors (Lipinski definition) is 2. The highest BCUT2D eigenvalue weighted by Gasteiger charge is 2.20.